The van der Waals surface area contributed by atoms with Crippen molar-refractivity contribution in [2.24, 2.45) is 5.10 Å². The minimum atomic E-state index is -0.706. The highest BCUT2D eigenvalue weighted by molar-refractivity contribution is 7.99. The second kappa shape index (κ2) is 8.32. The Morgan fingerprint density at radius 3 is 2.89 bits per heavy atom. The number of aromatic nitrogens is 3. The number of H-pyrrole nitrogens is 2. The van der Waals surface area contributed by atoms with Crippen LogP contribution in [0.5, 0.6) is 5.75 Å². The van der Waals surface area contributed by atoms with Crippen LogP contribution in [-0.2, 0) is 4.79 Å². The number of amides is 1. The number of carbonyl (C=O) groups is 1. The first kappa shape index (κ1) is 18.4. The molecule has 0 atom stereocenters. The zero-order valence-corrected chi connectivity index (χ0v) is 15.0. The summed E-state index contributed by atoms with van der Waals surface area (Å²) in [6.45, 7) is 0. The number of nitrogens with one attached hydrogen (secondary N) is 3. The minimum absolute atomic E-state index is 0.00977. The molecule has 1 amide bonds. The van der Waals surface area contributed by atoms with Gasteiger partial charge in [-0.25, -0.2) is 15.3 Å². The summed E-state index contributed by atoms with van der Waals surface area (Å²) in [6, 6.07) is 11.5. The average molecular weight is 385 g/mol. The standard InChI is InChI=1S/C17H15N5O4S/c1-26-13-7-6-10-4-2-3-5-11(10)12(13)8-18-20-14(23)9-27-16-15(24)19-17(25)22-21-16/h2-8H,9H2,1H3,(H,20,23)(H2,19,22,24,25)/b18-8+. The highest BCUT2D eigenvalue weighted by Gasteiger charge is 2.08. The molecule has 0 saturated carbocycles. The van der Waals surface area contributed by atoms with Crippen LogP contribution >= 0.6 is 11.8 Å². The van der Waals surface area contributed by atoms with Crippen LogP contribution in [0.3, 0.4) is 0 Å². The number of carbonyl (C=O) groups excluding carboxylic acids is 1. The number of hydrogen-bond acceptors (Lipinski definition) is 7. The van der Waals surface area contributed by atoms with Crippen LogP contribution in [0, 0.1) is 0 Å². The maximum absolute atomic E-state index is 11.9. The number of benzene rings is 2. The molecular formula is C17H15N5O4S. The topological polar surface area (TPSA) is 129 Å². The van der Waals surface area contributed by atoms with E-state index in [2.05, 4.69) is 20.7 Å². The number of hydrazone groups is 1. The molecule has 0 saturated heterocycles. The molecule has 0 fully saturated rings. The third kappa shape index (κ3) is 4.42. The fourth-order valence-electron chi connectivity index (χ4n) is 2.36. The van der Waals surface area contributed by atoms with Gasteiger partial charge in [0.05, 0.1) is 19.1 Å². The van der Waals surface area contributed by atoms with E-state index in [-0.39, 0.29) is 10.8 Å². The predicted octanol–water partition coefficient (Wildman–Crippen LogP) is 0.862. The number of ether oxygens (including phenoxy) is 1. The molecule has 1 heterocycles. The van der Waals surface area contributed by atoms with Crippen molar-refractivity contribution >= 4 is 34.7 Å². The maximum atomic E-state index is 11.9. The summed E-state index contributed by atoms with van der Waals surface area (Å²) in [5.41, 5.74) is 1.77. The van der Waals surface area contributed by atoms with Crippen molar-refractivity contribution in [2.45, 2.75) is 5.03 Å². The normalized spacial score (nSPS) is 11.0. The molecule has 1 aromatic heterocycles. The molecule has 9 nitrogen and oxygen atoms in total. The molecule has 0 aliphatic heterocycles. The number of aromatic amines is 2. The second-order valence-corrected chi connectivity index (χ2v) is 6.26. The number of nitrogens with zero attached hydrogens (tertiary/aromatic N) is 2. The molecule has 0 spiro atoms. The summed E-state index contributed by atoms with van der Waals surface area (Å²) in [5, 5.41) is 11.6. The van der Waals surface area contributed by atoms with Crippen LogP contribution < -0.4 is 21.4 Å². The molecule has 0 unspecified atom stereocenters. The summed E-state index contributed by atoms with van der Waals surface area (Å²) in [4.78, 5) is 36.4. The molecule has 3 N–H and O–H groups in total. The zero-order chi connectivity index (χ0) is 19.2. The van der Waals surface area contributed by atoms with Gasteiger partial charge in [-0.05, 0) is 16.8 Å². The Bertz CT molecular complexity index is 1120. The van der Waals surface area contributed by atoms with E-state index in [1.165, 1.54) is 6.21 Å². The Morgan fingerprint density at radius 2 is 2.11 bits per heavy atom. The Morgan fingerprint density at radius 1 is 1.30 bits per heavy atom. The first-order valence-corrected chi connectivity index (χ1v) is 8.76. The second-order valence-electron chi connectivity index (χ2n) is 5.30. The molecule has 27 heavy (non-hydrogen) atoms. The van der Waals surface area contributed by atoms with Crippen molar-refractivity contribution in [3.63, 3.8) is 0 Å². The van der Waals surface area contributed by atoms with E-state index in [4.69, 9.17) is 4.74 Å². The molecule has 0 radical (unpaired) electrons. The number of fused-ring (bicyclic) bond motifs is 1. The van der Waals surface area contributed by atoms with Gasteiger partial charge in [0.1, 0.15) is 5.75 Å². The van der Waals surface area contributed by atoms with E-state index in [9.17, 15) is 14.4 Å². The third-order valence-corrected chi connectivity index (χ3v) is 4.51. The molecule has 0 aliphatic rings. The van der Waals surface area contributed by atoms with Crippen molar-refractivity contribution in [3.8, 4) is 5.75 Å². The van der Waals surface area contributed by atoms with Gasteiger partial charge in [-0.1, -0.05) is 42.1 Å². The van der Waals surface area contributed by atoms with Crippen LogP contribution in [0.25, 0.3) is 10.8 Å². The lowest BCUT2D eigenvalue weighted by Gasteiger charge is -2.08. The van der Waals surface area contributed by atoms with E-state index in [0.717, 1.165) is 28.1 Å². The highest BCUT2D eigenvalue weighted by Crippen LogP contribution is 2.26. The van der Waals surface area contributed by atoms with E-state index in [0.29, 0.717) is 5.75 Å². The van der Waals surface area contributed by atoms with Crippen molar-refractivity contribution < 1.29 is 9.53 Å². The minimum Gasteiger partial charge on any atom is -0.496 e. The summed E-state index contributed by atoms with van der Waals surface area (Å²) < 4.78 is 5.36. The van der Waals surface area contributed by atoms with E-state index in [1.54, 1.807) is 7.11 Å². The van der Waals surface area contributed by atoms with Gasteiger partial charge in [0.25, 0.3) is 5.56 Å². The summed E-state index contributed by atoms with van der Waals surface area (Å²) in [6.07, 6.45) is 1.51. The molecule has 10 heteroatoms. The fraction of sp³-hybridized carbons (Fsp3) is 0.118. The number of thioether (sulfide) groups is 1. The van der Waals surface area contributed by atoms with Crippen LogP contribution in [0.15, 0.2) is 56.1 Å². The molecule has 3 rings (SSSR count). The van der Waals surface area contributed by atoms with E-state index in [1.807, 2.05) is 41.4 Å². The lowest BCUT2D eigenvalue weighted by Crippen LogP contribution is -2.26. The fourth-order valence-corrected chi connectivity index (χ4v) is 2.98. The maximum Gasteiger partial charge on any atom is 0.342 e. The lowest BCUT2D eigenvalue weighted by atomic mass is 10.0. The Hall–Kier alpha value is -3.40. The van der Waals surface area contributed by atoms with Crippen LogP contribution in [0.2, 0.25) is 0 Å². The Kier molecular flexibility index (Phi) is 5.67. The predicted molar refractivity (Wildman–Crippen MR) is 102 cm³/mol. The Balaban J connectivity index is 1.68. The molecule has 138 valence electrons. The van der Waals surface area contributed by atoms with Gasteiger partial charge >= 0.3 is 5.69 Å². The molecule has 0 aliphatic carbocycles. The number of rotatable bonds is 6. The first-order chi connectivity index (χ1) is 13.1. The zero-order valence-electron chi connectivity index (χ0n) is 14.2. The van der Waals surface area contributed by atoms with Crippen LogP contribution in [0.4, 0.5) is 0 Å². The van der Waals surface area contributed by atoms with Crippen molar-refractivity contribution in [1.29, 1.82) is 0 Å². The molecule has 3 aromatic rings. The number of hydrogen-bond donors (Lipinski definition) is 3. The van der Waals surface area contributed by atoms with Gasteiger partial charge in [0.15, 0.2) is 5.03 Å². The van der Waals surface area contributed by atoms with Gasteiger partial charge in [0.2, 0.25) is 5.91 Å². The van der Waals surface area contributed by atoms with Crippen molar-refractivity contribution in [3.05, 3.63) is 62.8 Å². The smallest absolute Gasteiger partial charge is 0.342 e. The largest absolute Gasteiger partial charge is 0.496 e. The van der Waals surface area contributed by atoms with Gasteiger partial charge < -0.3 is 4.74 Å². The van der Waals surface area contributed by atoms with Gasteiger partial charge in [-0.3, -0.25) is 14.6 Å². The summed E-state index contributed by atoms with van der Waals surface area (Å²) in [7, 11) is 1.56. The van der Waals surface area contributed by atoms with E-state index >= 15 is 0 Å². The van der Waals surface area contributed by atoms with Gasteiger partial charge in [0, 0.05) is 5.56 Å². The summed E-state index contributed by atoms with van der Waals surface area (Å²) in [5.74, 6) is 0.111. The van der Waals surface area contributed by atoms with E-state index < -0.39 is 17.2 Å². The molecule has 2 aromatic carbocycles. The summed E-state index contributed by atoms with van der Waals surface area (Å²) >= 11 is 0.885. The van der Waals surface area contributed by atoms with Crippen molar-refractivity contribution in [2.75, 3.05) is 12.9 Å². The van der Waals surface area contributed by atoms with Crippen molar-refractivity contribution in [1.82, 2.24) is 20.6 Å². The third-order valence-electron chi connectivity index (χ3n) is 3.55. The quantitative estimate of drug-likeness (QED) is 0.328. The Labute approximate surface area is 156 Å². The number of methoxy groups -OCH3 is 1. The molecular weight excluding hydrogens is 370 g/mol. The average Bonchev–Trinajstić information content (AvgIpc) is 2.67. The monoisotopic (exact) mass is 385 g/mol. The molecule has 0 bridgehead atoms. The lowest BCUT2D eigenvalue weighted by molar-refractivity contribution is -0.118. The van der Waals surface area contributed by atoms with Gasteiger partial charge in [-0.15, -0.1) is 0 Å². The van der Waals surface area contributed by atoms with Gasteiger partial charge in [-0.2, -0.15) is 10.2 Å². The van der Waals surface area contributed by atoms with Crippen LogP contribution in [0.1, 0.15) is 5.56 Å². The first-order valence-electron chi connectivity index (χ1n) is 7.78. The highest BCUT2D eigenvalue weighted by atomic mass is 32.2. The van der Waals surface area contributed by atoms with Crippen LogP contribution in [-0.4, -0.2) is 40.2 Å². The SMILES string of the molecule is COc1ccc2ccccc2c1/C=N/NC(=O)CSc1n[nH]c(=O)[nH]c1=O.